The molecule has 3 heteroatoms. The van der Waals surface area contributed by atoms with Crippen LogP contribution in [0.2, 0.25) is 0 Å². The van der Waals surface area contributed by atoms with E-state index in [0.29, 0.717) is 5.69 Å². The molecule has 74 valence electrons. The predicted molar refractivity (Wildman–Crippen MR) is 56.5 cm³/mol. The first kappa shape index (κ1) is 9.47. The molecule has 0 radical (unpaired) electrons. The van der Waals surface area contributed by atoms with Gasteiger partial charge in [0.05, 0.1) is 0 Å². The third-order valence-corrected chi connectivity index (χ3v) is 2.12. The average Bonchev–Trinajstić information content (AvgIpc) is 2.61. The van der Waals surface area contributed by atoms with Crippen molar-refractivity contribution in [1.29, 1.82) is 0 Å². The van der Waals surface area contributed by atoms with Crippen LogP contribution in [-0.2, 0) is 7.05 Å². The van der Waals surface area contributed by atoms with Crippen molar-refractivity contribution in [3.05, 3.63) is 42.0 Å². The summed E-state index contributed by atoms with van der Waals surface area (Å²) in [5, 5.41) is 4.11. The molecule has 0 spiro atoms. The van der Waals surface area contributed by atoms with Crippen molar-refractivity contribution >= 4 is 0 Å². The summed E-state index contributed by atoms with van der Waals surface area (Å²) in [6.07, 6.45) is 7.15. The summed E-state index contributed by atoms with van der Waals surface area (Å²) in [5.41, 5.74) is 2.29. The lowest BCUT2D eigenvalue weighted by Crippen LogP contribution is -1.86. The van der Waals surface area contributed by atoms with Gasteiger partial charge >= 0.3 is 0 Å². The van der Waals surface area contributed by atoms with Crippen LogP contribution in [0.5, 0.6) is 0 Å². The van der Waals surface area contributed by atoms with Crippen molar-refractivity contribution in [2.24, 2.45) is 7.05 Å². The topological polar surface area (TPSA) is 17.8 Å². The van der Waals surface area contributed by atoms with Crippen LogP contribution < -0.4 is 0 Å². The second-order valence-corrected chi connectivity index (χ2v) is 3.22. The summed E-state index contributed by atoms with van der Waals surface area (Å²) in [7, 11) is 1.80. The van der Waals surface area contributed by atoms with Gasteiger partial charge in [-0.05, 0) is 23.6 Å². The quantitative estimate of drug-likeness (QED) is 0.645. The molecule has 1 aromatic heterocycles. The lowest BCUT2D eigenvalue weighted by Gasteiger charge is -1.97. The molecule has 15 heavy (non-hydrogen) atoms. The minimum atomic E-state index is -0.259. The van der Waals surface area contributed by atoms with Crippen LogP contribution in [0, 0.1) is 18.2 Å². The first-order chi connectivity index (χ1) is 7.20. The van der Waals surface area contributed by atoms with E-state index < -0.39 is 0 Å². The third-order valence-electron chi connectivity index (χ3n) is 2.12. The van der Waals surface area contributed by atoms with Gasteiger partial charge in [-0.25, -0.2) is 4.39 Å². The van der Waals surface area contributed by atoms with E-state index >= 15 is 0 Å². The Labute approximate surface area is 87.4 Å². The lowest BCUT2D eigenvalue weighted by molar-refractivity contribution is 0.628. The number of terminal acetylenes is 1. The second-order valence-electron chi connectivity index (χ2n) is 3.22. The first-order valence-electron chi connectivity index (χ1n) is 4.47. The predicted octanol–water partition coefficient (Wildman–Crippen LogP) is 2.21. The fourth-order valence-corrected chi connectivity index (χ4v) is 1.44. The molecule has 0 bridgehead atoms. The number of hydrogen-bond acceptors (Lipinski definition) is 1. The zero-order valence-electron chi connectivity index (χ0n) is 8.24. The van der Waals surface area contributed by atoms with Gasteiger partial charge in [0.25, 0.3) is 0 Å². The highest BCUT2D eigenvalue weighted by molar-refractivity contribution is 5.68. The van der Waals surface area contributed by atoms with Gasteiger partial charge in [-0.1, -0.05) is 12.1 Å². The van der Waals surface area contributed by atoms with E-state index in [0.717, 1.165) is 11.1 Å². The van der Waals surface area contributed by atoms with Gasteiger partial charge in [0.15, 0.2) is 0 Å². The van der Waals surface area contributed by atoms with E-state index in [-0.39, 0.29) is 5.82 Å². The number of halogens is 1. The van der Waals surface area contributed by atoms with E-state index in [1.54, 1.807) is 23.9 Å². The monoisotopic (exact) mass is 200 g/mol. The SMILES string of the molecule is C#Cc1nn(C)cc1-c1ccc(F)cc1. The van der Waals surface area contributed by atoms with Crippen molar-refractivity contribution in [2.45, 2.75) is 0 Å². The second kappa shape index (κ2) is 3.58. The molecular weight excluding hydrogens is 191 g/mol. The first-order valence-corrected chi connectivity index (χ1v) is 4.47. The summed E-state index contributed by atoms with van der Waals surface area (Å²) in [6.45, 7) is 0. The minimum Gasteiger partial charge on any atom is -0.274 e. The normalized spacial score (nSPS) is 9.93. The molecule has 2 rings (SSSR count). The Bertz CT molecular complexity index is 518. The zero-order chi connectivity index (χ0) is 10.8. The minimum absolute atomic E-state index is 0.259. The van der Waals surface area contributed by atoms with Gasteiger partial charge in [-0.3, -0.25) is 4.68 Å². The molecule has 0 atom stereocenters. The van der Waals surface area contributed by atoms with Crippen LogP contribution in [0.25, 0.3) is 11.1 Å². The van der Waals surface area contributed by atoms with Crippen LogP contribution in [0.1, 0.15) is 5.69 Å². The molecule has 0 fully saturated rings. The van der Waals surface area contributed by atoms with Crippen LogP contribution in [-0.4, -0.2) is 9.78 Å². The molecule has 1 aromatic carbocycles. The molecule has 1 heterocycles. The summed E-state index contributed by atoms with van der Waals surface area (Å²) in [4.78, 5) is 0. The molecule has 0 aliphatic rings. The Kier molecular flexibility index (Phi) is 2.26. The lowest BCUT2D eigenvalue weighted by atomic mass is 10.1. The van der Waals surface area contributed by atoms with Crippen molar-refractivity contribution in [1.82, 2.24) is 9.78 Å². The van der Waals surface area contributed by atoms with Gasteiger partial charge in [0.1, 0.15) is 11.5 Å². The summed E-state index contributed by atoms with van der Waals surface area (Å²) in [6, 6.07) is 6.19. The fourth-order valence-electron chi connectivity index (χ4n) is 1.44. The Morgan fingerprint density at radius 3 is 2.60 bits per heavy atom. The molecule has 0 unspecified atom stereocenters. The zero-order valence-corrected chi connectivity index (χ0v) is 8.24. The summed E-state index contributed by atoms with van der Waals surface area (Å²) in [5.74, 6) is 2.24. The summed E-state index contributed by atoms with van der Waals surface area (Å²) < 4.78 is 14.4. The molecule has 0 aliphatic heterocycles. The van der Waals surface area contributed by atoms with E-state index in [9.17, 15) is 4.39 Å². The van der Waals surface area contributed by atoms with Crippen LogP contribution in [0.15, 0.2) is 30.5 Å². The Hall–Kier alpha value is -2.08. The smallest absolute Gasteiger partial charge is 0.142 e. The van der Waals surface area contributed by atoms with E-state index in [4.69, 9.17) is 6.42 Å². The number of benzene rings is 1. The third kappa shape index (κ3) is 1.75. The number of rotatable bonds is 1. The number of aryl methyl sites for hydroxylation is 1. The van der Waals surface area contributed by atoms with Gasteiger partial charge in [0, 0.05) is 18.8 Å². The van der Waals surface area contributed by atoms with Gasteiger partial charge in [-0.2, -0.15) is 5.10 Å². The molecule has 0 N–H and O–H groups in total. The van der Waals surface area contributed by atoms with Crippen LogP contribution in [0.4, 0.5) is 4.39 Å². The molecule has 0 aliphatic carbocycles. The highest BCUT2D eigenvalue weighted by Gasteiger charge is 2.07. The molecule has 0 saturated carbocycles. The summed E-state index contributed by atoms with van der Waals surface area (Å²) >= 11 is 0. The van der Waals surface area contributed by atoms with Crippen molar-refractivity contribution in [3.63, 3.8) is 0 Å². The molecule has 0 amide bonds. The molecule has 0 saturated heterocycles. The number of hydrogen-bond donors (Lipinski definition) is 0. The fraction of sp³-hybridized carbons (Fsp3) is 0.0833. The maximum atomic E-state index is 12.7. The standard InChI is InChI=1S/C12H9FN2/c1-3-12-11(8-15(2)14-12)9-4-6-10(13)7-5-9/h1,4-8H,2H3. The number of aromatic nitrogens is 2. The van der Waals surface area contributed by atoms with E-state index in [1.807, 2.05) is 6.20 Å². The van der Waals surface area contributed by atoms with Gasteiger partial charge < -0.3 is 0 Å². The highest BCUT2D eigenvalue weighted by Crippen LogP contribution is 2.22. The number of nitrogens with zero attached hydrogens (tertiary/aromatic N) is 2. The van der Waals surface area contributed by atoms with Gasteiger partial charge in [-0.15, -0.1) is 6.42 Å². The molecular formula is C12H9FN2. The molecule has 2 nitrogen and oxygen atoms in total. The van der Waals surface area contributed by atoms with Crippen molar-refractivity contribution in [2.75, 3.05) is 0 Å². The van der Waals surface area contributed by atoms with Gasteiger partial charge in [0.2, 0.25) is 0 Å². The van der Waals surface area contributed by atoms with E-state index in [1.165, 1.54) is 12.1 Å². The largest absolute Gasteiger partial charge is 0.274 e. The van der Waals surface area contributed by atoms with E-state index in [2.05, 4.69) is 11.0 Å². The van der Waals surface area contributed by atoms with Crippen LogP contribution in [0.3, 0.4) is 0 Å². The Balaban J connectivity index is 2.54. The molecule has 2 aromatic rings. The van der Waals surface area contributed by atoms with Crippen molar-refractivity contribution < 1.29 is 4.39 Å². The Morgan fingerprint density at radius 2 is 2.00 bits per heavy atom. The maximum Gasteiger partial charge on any atom is 0.142 e. The Morgan fingerprint density at radius 1 is 1.33 bits per heavy atom. The van der Waals surface area contributed by atoms with Crippen molar-refractivity contribution in [3.8, 4) is 23.5 Å². The average molecular weight is 200 g/mol. The van der Waals surface area contributed by atoms with Crippen LogP contribution >= 0.6 is 0 Å². The highest BCUT2D eigenvalue weighted by atomic mass is 19.1. The maximum absolute atomic E-state index is 12.7.